The lowest BCUT2D eigenvalue weighted by molar-refractivity contribution is -0.762. The van der Waals surface area contributed by atoms with Crippen molar-refractivity contribution >= 4 is 27.7 Å². The molecule has 10 nitrogen and oxygen atoms in total. The molecule has 21 heavy (non-hydrogen) atoms. The number of aliphatic hydroxyl groups excluding tert-OH is 3. The number of halogens is 1. The van der Waals surface area contributed by atoms with E-state index in [1.165, 1.54) is 4.57 Å². The molecular weight excluding hydrogens is 350 g/mol. The molecule has 0 saturated carbocycles. The molecule has 2 aliphatic rings. The Morgan fingerprint density at radius 3 is 2.67 bits per heavy atom. The van der Waals surface area contributed by atoms with Gasteiger partial charge >= 0.3 is 0 Å². The highest BCUT2D eigenvalue weighted by Crippen LogP contribution is 2.29. The molecule has 0 bridgehead atoms. The lowest BCUT2D eigenvalue weighted by Gasteiger charge is -2.19. The molecule has 116 valence electrons. The summed E-state index contributed by atoms with van der Waals surface area (Å²) in [6.07, 6.45) is -4.88. The molecule has 9 N–H and O–H groups in total. The van der Waals surface area contributed by atoms with Gasteiger partial charge in [0.25, 0.3) is 22.7 Å². The highest BCUT2D eigenvalue weighted by molar-refractivity contribution is 9.10. The second-order valence-corrected chi connectivity index (χ2v) is 5.66. The zero-order valence-corrected chi connectivity index (χ0v) is 12.4. The maximum Gasteiger partial charge on any atom is 0.297 e. The quantitative estimate of drug-likeness (QED) is 0.268. The van der Waals surface area contributed by atoms with Gasteiger partial charge in [0.15, 0.2) is 0 Å². The van der Waals surface area contributed by atoms with Gasteiger partial charge in [-0.15, -0.1) is 0 Å². The number of hydrogen-bond acceptors (Lipinski definition) is 6. The lowest BCUT2D eigenvalue weighted by Crippen LogP contribution is -2.75. The first-order chi connectivity index (χ1) is 9.93. The van der Waals surface area contributed by atoms with E-state index in [4.69, 9.17) is 9.84 Å². The Morgan fingerprint density at radius 1 is 1.33 bits per heavy atom. The molecule has 1 fully saturated rings. The zero-order valence-electron chi connectivity index (χ0n) is 10.8. The number of anilines is 1. The Morgan fingerprint density at radius 2 is 2.05 bits per heavy atom. The first kappa shape index (κ1) is 14.7. The smallest absolute Gasteiger partial charge is 0.297 e. The maximum absolute atomic E-state index is 11.9. The van der Waals surface area contributed by atoms with Crippen LogP contribution in [-0.2, 0) is 4.74 Å². The van der Waals surface area contributed by atoms with E-state index in [0.29, 0.717) is 10.6 Å². The zero-order chi connectivity index (χ0) is 15.3. The number of rotatable bonds is 2. The number of aromatic amines is 1. The Bertz CT molecular complexity index is 580. The van der Waals surface area contributed by atoms with E-state index in [2.05, 4.69) is 37.3 Å². The molecule has 0 aromatic carbocycles. The van der Waals surface area contributed by atoms with Crippen LogP contribution in [0.4, 0.5) is 5.82 Å². The number of nitrogens with one attached hydrogen (secondary N) is 3. The predicted molar refractivity (Wildman–Crippen MR) is 69.5 cm³/mol. The largest absolute Gasteiger partial charge is 0.394 e. The molecule has 0 unspecified atom stereocenters. The van der Waals surface area contributed by atoms with Crippen molar-refractivity contribution in [2.75, 3.05) is 11.9 Å². The van der Waals surface area contributed by atoms with Crippen LogP contribution in [0.1, 0.15) is 16.7 Å². The summed E-state index contributed by atoms with van der Waals surface area (Å²) >= 11 is 3.26. The van der Waals surface area contributed by atoms with Crippen LogP contribution in [-0.4, -0.2) is 57.4 Å². The van der Waals surface area contributed by atoms with Crippen LogP contribution in [0.5, 0.6) is 0 Å². The van der Waals surface area contributed by atoms with Crippen molar-refractivity contribution in [3.05, 3.63) is 10.4 Å². The van der Waals surface area contributed by atoms with Gasteiger partial charge in [-0.1, -0.05) is 0 Å². The molecule has 3 heterocycles. The van der Waals surface area contributed by atoms with Gasteiger partial charge in [-0.05, 0) is 0 Å². The summed E-state index contributed by atoms with van der Waals surface area (Å²) in [4.78, 5) is 14.7. The summed E-state index contributed by atoms with van der Waals surface area (Å²) in [5.41, 5.74) is 3.96. The van der Waals surface area contributed by atoms with E-state index in [1.807, 2.05) is 0 Å². The summed E-state index contributed by atoms with van der Waals surface area (Å²) in [7, 11) is 0. The van der Waals surface area contributed by atoms with E-state index in [-0.39, 0.29) is 11.6 Å². The maximum atomic E-state index is 11.9. The molecule has 1 saturated heterocycles. The monoisotopic (exact) mass is 365 g/mol. The van der Waals surface area contributed by atoms with Crippen LogP contribution in [0.15, 0.2) is 4.73 Å². The minimum absolute atomic E-state index is 0.250. The molecule has 5 atom stereocenters. The fourth-order valence-electron chi connectivity index (χ4n) is 2.51. The summed E-state index contributed by atoms with van der Waals surface area (Å²) in [5.74, 6) is 0.0235. The fourth-order valence-corrected chi connectivity index (χ4v) is 3.09. The third-order valence-electron chi connectivity index (χ3n) is 3.53. The number of imidazole rings is 1. The minimum atomic E-state index is -1.25. The number of aromatic nitrogens is 2. The van der Waals surface area contributed by atoms with E-state index < -0.39 is 37.4 Å². The van der Waals surface area contributed by atoms with Crippen LogP contribution in [0.3, 0.4) is 0 Å². The average molecular weight is 366 g/mol. The van der Waals surface area contributed by atoms with Gasteiger partial charge in [0.2, 0.25) is 11.9 Å². The highest BCUT2D eigenvalue weighted by Gasteiger charge is 2.49. The molecule has 0 radical (unpaired) electrons. The second-order valence-electron chi connectivity index (χ2n) is 4.91. The molecule has 0 aliphatic carbocycles. The van der Waals surface area contributed by atoms with Crippen LogP contribution < -0.4 is 20.9 Å². The average Bonchev–Trinajstić information content (AvgIpc) is 2.89. The van der Waals surface area contributed by atoms with Crippen LogP contribution in [0.2, 0.25) is 0 Å². The first-order valence-electron chi connectivity index (χ1n) is 6.30. The molecule has 1 aromatic heterocycles. The second kappa shape index (κ2) is 5.19. The van der Waals surface area contributed by atoms with Crippen molar-refractivity contribution in [1.82, 2.24) is 10.3 Å². The van der Waals surface area contributed by atoms with E-state index in [9.17, 15) is 15.0 Å². The summed E-state index contributed by atoms with van der Waals surface area (Å²) in [6, 6.07) is 0. The Hall–Kier alpha value is -1.24. The summed E-state index contributed by atoms with van der Waals surface area (Å²) in [5, 5.41) is 34.6. The van der Waals surface area contributed by atoms with Crippen molar-refractivity contribution in [3.63, 3.8) is 0 Å². The minimum Gasteiger partial charge on any atom is -0.394 e. The van der Waals surface area contributed by atoms with Crippen molar-refractivity contribution < 1.29 is 35.2 Å². The number of fused-ring (bicyclic) bond motifs is 1. The van der Waals surface area contributed by atoms with Crippen molar-refractivity contribution in [3.8, 4) is 0 Å². The molecule has 11 heteroatoms. The third-order valence-corrected chi connectivity index (χ3v) is 4.11. The van der Waals surface area contributed by atoms with Gasteiger partial charge in [-0.2, -0.15) is 4.57 Å². The predicted octanol–water partition coefficient (Wildman–Crippen LogP) is -3.64. The fraction of sp³-hybridized carbons (Fsp3) is 0.600. The van der Waals surface area contributed by atoms with E-state index in [1.54, 1.807) is 0 Å². The topological polar surface area (TPSA) is 158 Å². The normalized spacial score (nSPS) is 35.3. The molecule has 2 aliphatic heterocycles. The van der Waals surface area contributed by atoms with Crippen LogP contribution in [0.25, 0.3) is 0 Å². The standard InChI is InChI=1S/C10H14BrN5O5/c11-9-13-3-6(14-10(12)15-7(3)20)16(9)8-5(19)4(18)2(1-17)21-8/h2,4-5,8,10,17-19H,1,12H2,(H2,14,15,20)/p+2/t2-,4+,5+,8-,10+/m1/s1. The number of carbonyl (C=O) groups excluding carboxylic acids is 1. The number of nitrogens with zero attached hydrogens (tertiary/aromatic N) is 1. The van der Waals surface area contributed by atoms with Crippen molar-refractivity contribution in [2.24, 2.45) is 0 Å². The van der Waals surface area contributed by atoms with Crippen LogP contribution >= 0.6 is 15.9 Å². The number of amides is 1. The number of ether oxygens (including phenoxy) is 1. The Kier molecular flexibility index (Phi) is 3.63. The molecule has 1 aromatic rings. The number of carbonyl (C=O) groups is 1. The molecule has 0 spiro atoms. The SMILES string of the molecule is [NH3+][C@@H]1NC(=O)c2[nH]c(Br)[n+]([C@@H]3O[C@H](CO)[C@H](O)[C@@H]3O)c2N1. The lowest BCUT2D eigenvalue weighted by atomic mass is 10.1. The summed E-state index contributed by atoms with van der Waals surface area (Å²) in [6.45, 7) is -0.425. The number of quaternary nitrogens is 1. The third kappa shape index (κ3) is 2.22. The van der Waals surface area contributed by atoms with Gasteiger partial charge in [-0.3, -0.25) is 15.1 Å². The van der Waals surface area contributed by atoms with E-state index >= 15 is 0 Å². The molecular formula is C10H16BrN5O5+2. The summed E-state index contributed by atoms with van der Waals surface area (Å²) < 4.78 is 7.31. The first-order valence-corrected chi connectivity index (χ1v) is 7.09. The number of H-pyrrole nitrogens is 1. The van der Waals surface area contributed by atoms with Gasteiger partial charge < -0.3 is 25.8 Å². The van der Waals surface area contributed by atoms with E-state index in [0.717, 1.165) is 0 Å². The molecule has 3 rings (SSSR count). The van der Waals surface area contributed by atoms with Gasteiger partial charge in [0, 0.05) is 15.9 Å². The Balaban J connectivity index is 2.02. The molecule has 1 amide bonds. The van der Waals surface area contributed by atoms with Crippen molar-refractivity contribution in [1.29, 1.82) is 0 Å². The van der Waals surface area contributed by atoms with Gasteiger partial charge in [0.05, 0.1) is 6.61 Å². The number of hydrogen-bond donors (Lipinski definition) is 7. The van der Waals surface area contributed by atoms with Gasteiger partial charge in [-0.25, -0.2) is 5.32 Å². The van der Waals surface area contributed by atoms with Crippen molar-refractivity contribution in [2.45, 2.75) is 30.8 Å². The van der Waals surface area contributed by atoms with Gasteiger partial charge in [0.1, 0.15) is 18.3 Å². The number of aliphatic hydroxyl groups is 3. The van der Waals surface area contributed by atoms with Crippen LogP contribution in [0, 0.1) is 0 Å². The highest BCUT2D eigenvalue weighted by atomic mass is 79.9. The Labute approximate surface area is 127 Å².